The van der Waals surface area contributed by atoms with Crippen LogP contribution >= 0.6 is 11.8 Å². The molecule has 0 unspecified atom stereocenters. The van der Waals surface area contributed by atoms with Crippen LogP contribution in [0, 0.1) is 0 Å². The van der Waals surface area contributed by atoms with E-state index in [2.05, 4.69) is 0 Å². The van der Waals surface area contributed by atoms with Crippen molar-refractivity contribution in [3.05, 3.63) is 60.2 Å². The molecule has 1 aliphatic heterocycles. The number of esters is 1. The minimum atomic E-state index is -0.486. The second-order valence-corrected chi connectivity index (χ2v) is 7.37. The molecule has 0 saturated carbocycles. The first-order valence-electron chi connectivity index (χ1n) is 8.97. The monoisotopic (exact) mass is 385 g/mol. The summed E-state index contributed by atoms with van der Waals surface area (Å²) in [5.41, 5.74) is 1.24. The van der Waals surface area contributed by atoms with Crippen molar-refractivity contribution in [1.29, 1.82) is 0 Å². The van der Waals surface area contributed by atoms with Gasteiger partial charge in [-0.1, -0.05) is 30.3 Å². The van der Waals surface area contributed by atoms with E-state index < -0.39 is 5.97 Å². The molecule has 0 radical (unpaired) electrons. The maximum Gasteiger partial charge on any atom is 0.339 e. The van der Waals surface area contributed by atoms with Crippen LogP contribution < -0.4 is 4.90 Å². The van der Waals surface area contributed by atoms with Gasteiger partial charge in [-0.3, -0.25) is 4.79 Å². The Morgan fingerprint density at radius 1 is 1.15 bits per heavy atom. The lowest BCUT2D eigenvalue weighted by Gasteiger charge is -2.17. The molecule has 1 atom stereocenters. The van der Waals surface area contributed by atoms with Gasteiger partial charge in [0.1, 0.15) is 0 Å². The quantitative estimate of drug-likeness (QED) is 0.536. The molecule has 1 saturated heterocycles. The molecule has 0 spiro atoms. The van der Waals surface area contributed by atoms with Gasteiger partial charge in [-0.2, -0.15) is 0 Å². The highest BCUT2D eigenvalue weighted by atomic mass is 32.2. The maximum absolute atomic E-state index is 12.5. The van der Waals surface area contributed by atoms with Gasteiger partial charge >= 0.3 is 5.97 Å². The van der Waals surface area contributed by atoms with Crippen LogP contribution in [0.3, 0.4) is 0 Å². The minimum Gasteiger partial charge on any atom is -0.452 e. The van der Waals surface area contributed by atoms with Crippen molar-refractivity contribution in [2.45, 2.75) is 23.8 Å². The average Bonchev–Trinajstić information content (AvgIpc) is 3.24. The normalized spacial score (nSPS) is 16.1. The molecule has 27 heavy (non-hydrogen) atoms. The molecule has 0 aromatic heterocycles. The second-order valence-electron chi connectivity index (χ2n) is 6.31. The van der Waals surface area contributed by atoms with Crippen LogP contribution in [0.2, 0.25) is 0 Å². The van der Waals surface area contributed by atoms with Crippen molar-refractivity contribution in [2.24, 2.45) is 0 Å². The number of hydrogen-bond acceptors (Lipinski definition) is 5. The van der Waals surface area contributed by atoms with Crippen LogP contribution in [0.15, 0.2) is 59.5 Å². The Balaban J connectivity index is 1.56. The van der Waals surface area contributed by atoms with Crippen LogP contribution in [0.4, 0.5) is 5.69 Å². The molecule has 0 N–H and O–H groups in total. The molecule has 0 aliphatic carbocycles. The highest BCUT2D eigenvalue weighted by Gasteiger charge is 2.20. The van der Waals surface area contributed by atoms with Gasteiger partial charge < -0.3 is 14.4 Å². The van der Waals surface area contributed by atoms with E-state index in [1.165, 1.54) is 4.90 Å². The molecule has 2 aromatic rings. The summed E-state index contributed by atoms with van der Waals surface area (Å²) in [7, 11) is 1.66. The zero-order valence-electron chi connectivity index (χ0n) is 15.3. The molecule has 2 aromatic carbocycles. The van der Waals surface area contributed by atoms with Crippen LogP contribution in [0.1, 0.15) is 23.2 Å². The lowest BCUT2D eigenvalue weighted by Crippen LogP contribution is -2.31. The Hall–Kier alpha value is -2.31. The Bertz CT molecular complexity index is 775. The average molecular weight is 385 g/mol. The number of benzene rings is 2. The molecular weight excluding hydrogens is 362 g/mol. The number of likely N-dealkylation sites (N-methyl/N-ethyl adjacent to an activating group) is 1. The van der Waals surface area contributed by atoms with Gasteiger partial charge in [-0.25, -0.2) is 4.79 Å². The summed E-state index contributed by atoms with van der Waals surface area (Å²) in [6, 6.07) is 16.6. The number of ether oxygens (including phenoxy) is 2. The Morgan fingerprint density at radius 3 is 2.63 bits per heavy atom. The third-order valence-electron chi connectivity index (χ3n) is 4.40. The lowest BCUT2D eigenvalue weighted by atomic mass is 10.2. The molecular formula is C21H23NO4S. The standard InChI is InChI=1S/C21H23NO4S/c1-22(16-8-3-2-4-9-16)20(23)14-26-21(24)18-11-5-6-12-19(18)27-15-17-10-7-13-25-17/h2-6,8-9,11-12,17H,7,10,13-15H2,1H3/t17-/m0/s1. The zero-order valence-corrected chi connectivity index (χ0v) is 16.1. The zero-order chi connectivity index (χ0) is 19.1. The lowest BCUT2D eigenvalue weighted by molar-refractivity contribution is -0.121. The first-order chi connectivity index (χ1) is 13.1. The predicted octanol–water partition coefficient (Wildman–Crippen LogP) is 3.78. The summed E-state index contributed by atoms with van der Waals surface area (Å²) in [4.78, 5) is 27.1. The summed E-state index contributed by atoms with van der Waals surface area (Å²) in [6.07, 6.45) is 2.38. The summed E-state index contributed by atoms with van der Waals surface area (Å²) < 4.78 is 10.9. The number of anilines is 1. The minimum absolute atomic E-state index is 0.236. The smallest absolute Gasteiger partial charge is 0.339 e. The second kappa shape index (κ2) is 9.58. The van der Waals surface area contributed by atoms with E-state index in [0.29, 0.717) is 5.56 Å². The number of rotatable bonds is 7. The van der Waals surface area contributed by atoms with E-state index in [-0.39, 0.29) is 18.6 Å². The number of hydrogen-bond donors (Lipinski definition) is 0. The summed E-state index contributed by atoms with van der Waals surface area (Å²) >= 11 is 1.59. The molecule has 1 fully saturated rings. The molecule has 5 nitrogen and oxygen atoms in total. The first kappa shape index (κ1) is 19.5. The molecule has 142 valence electrons. The van der Waals surface area contributed by atoms with Crippen molar-refractivity contribution in [3.8, 4) is 0 Å². The maximum atomic E-state index is 12.5. The van der Waals surface area contributed by atoms with Gasteiger partial charge in [-0.05, 0) is 37.1 Å². The van der Waals surface area contributed by atoms with E-state index in [4.69, 9.17) is 9.47 Å². The fourth-order valence-corrected chi connectivity index (χ4v) is 3.93. The van der Waals surface area contributed by atoms with Crippen molar-refractivity contribution in [3.63, 3.8) is 0 Å². The number of para-hydroxylation sites is 1. The van der Waals surface area contributed by atoms with E-state index >= 15 is 0 Å². The Morgan fingerprint density at radius 2 is 1.89 bits per heavy atom. The van der Waals surface area contributed by atoms with E-state index in [0.717, 1.165) is 35.8 Å². The molecule has 1 aliphatic rings. The third kappa shape index (κ3) is 5.34. The number of amides is 1. The van der Waals surface area contributed by atoms with Gasteiger partial charge in [0.25, 0.3) is 5.91 Å². The van der Waals surface area contributed by atoms with Gasteiger partial charge in [0.05, 0.1) is 11.7 Å². The number of nitrogens with zero attached hydrogens (tertiary/aromatic N) is 1. The molecule has 0 bridgehead atoms. The van der Waals surface area contributed by atoms with E-state index in [1.54, 1.807) is 30.9 Å². The summed E-state index contributed by atoms with van der Waals surface area (Å²) in [5, 5.41) is 0. The highest BCUT2D eigenvalue weighted by Crippen LogP contribution is 2.27. The van der Waals surface area contributed by atoms with Crippen LogP contribution in [0.25, 0.3) is 0 Å². The summed E-state index contributed by atoms with van der Waals surface area (Å²) in [6.45, 7) is 0.515. The largest absolute Gasteiger partial charge is 0.452 e. The van der Waals surface area contributed by atoms with Gasteiger partial charge in [0.15, 0.2) is 6.61 Å². The van der Waals surface area contributed by atoms with Gasteiger partial charge in [0.2, 0.25) is 0 Å². The molecule has 6 heteroatoms. The van der Waals surface area contributed by atoms with Crippen LogP contribution in [-0.4, -0.2) is 44.0 Å². The highest BCUT2D eigenvalue weighted by molar-refractivity contribution is 7.99. The number of thioether (sulfide) groups is 1. The van der Waals surface area contributed by atoms with Crippen LogP contribution in [0.5, 0.6) is 0 Å². The molecule has 3 rings (SSSR count). The topological polar surface area (TPSA) is 55.8 Å². The fraction of sp³-hybridized carbons (Fsp3) is 0.333. The van der Waals surface area contributed by atoms with Gasteiger partial charge in [0, 0.05) is 30.0 Å². The van der Waals surface area contributed by atoms with E-state index in [1.807, 2.05) is 42.5 Å². The third-order valence-corrected chi connectivity index (χ3v) is 5.61. The van der Waals surface area contributed by atoms with Crippen molar-refractivity contribution in [2.75, 3.05) is 30.9 Å². The summed E-state index contributed by atoms with van der Waals surface area (Å²) in [5.74, 6) is 0.0410. The van der Waals surface area contributed by atoms with Gasteiger partial charge in [-0.15, -0.1) is 11.8 Å². The van der Waals surface area contributed by atoms with E-state index in [9.17, 15) is 9.59 Å². The SMILES string of the molecule is CN(C(=O)COC(=O)c1ccccc1SC[C@@H]1CCCO1)c1ccccc1. The number of carbonyl (C=O) groups excluding carboxylic acids is 2. The Kier molecular flexibility index (Phi) is 6.90. The van der Waals surface area contributed by atoms with Crippen LogP contribution in [-0.2, 0) is 14.3 Å². The number of carbonyl (C=O) groups is 2. The van der Waals surface area contributed by atoms with Crippen molar-refractivity contribution < 1.29 is 19.1 Å². The van der Waals surface area contributed by atoms with Crippen molar-refractivity contribution >= 4 is 29.3 Å². The predicted molar refractivity (Wildman–Crippen MR) is 106 cm³/mol. The Labute approximate surface area is 163 Å². The first-order valence-corrected chi connectivity index (χ1v) is 9.96. The fourth-order valence-electron chi connectivity index (χ4n) is 2.82. The van der Waals surface area contributed by atoms with Crippen molar-refractivity contribution in [1.82, 2.24) is 0 Å². The molecule has 1 amide bonds. The molecule has 1 heterocycles.